The van der Waals surface area contributed by atoms with E-state index in [1.165, 1.54) is 25.3 Å². The number of anilines is 4. The molecular formula is C20H21F3N6O2. The lowest BCUT2D eigenvalue weighted by Gasteiger charge is -2.19. The third-order valence-electron chi connectivity index (χ3n) is 4.65. The average Bonchev–Trinajstić information content (AvgIpc) is 2.99. The molecule has 0 fully saturated rings. The highest BCUT2D eigenvalue weighted by Crippen LogP contribution is 2.39. The van der Waals surface area contributed by atoms with Crippen molar-refractivity contribution in [3.8, 4) is 5.75 Å². The van der Waals surface area contributed by atoms with Crippen molar-refractivity contribution in [2.75, 3.05) is 17.7 Å². The van der Waals surface area contributed by atoms with E-state index >= 15 is 0 Å². The zero-order chi connectivity index (χ0) is 22.9. The number of benzene rings is 1. The molecule has 0 saturated carbocycles. The van der Waals surface area contributed by atoms with E-state index in [9.17, 15) is 18.0 Å². The molecule has 0 aliphatic rings. The fraction of sp³-hybridized carbons (Fsp3) is 0.250. The number of carbonyl (C=O) groups is 1. The van der Waals surface area contributed by atoms with Gasteiger partial charge in [0.2, 0.25) is 0 Å². The number of hydrogen-bond acceptors (Lipinski definition) is 6. The van der Waals surface area contributed by atoms with Crippen LogP contribution in [0.15, 0.2) is 30.6 Å². The van der Waals surface area contributed by atoms with Crippen molar-refractivity contribution in [1.82, 2.24) is 14.8 Å². The van der Waals surface area contributed by atoms with Crippen LogP contribution < -0.4 is 21.1 Å². The molecule has 3 aromatic rings. The fourth-order valence-corrected chi connectivity index (χ4v) is 3.13. The molecule has 164 valence electrons. The van der Waals surface area contributed by atoms with Crippen molar-refractivity contribution in [2.24, 2.45) is 12.8 Å². The van der Waals surface area contributed by atoms with E-state index in [0.29, 0.717) is 22.7 Å². The molecular weight excluding hydrogens is 413 g/mol. The average molecular weight is 434 g/mol. The Morgan fingerprint density at radius 3 is 2.45 bits per heavy atom. The molecule has 4 N–H and O–H groups in total. The Kier molecular flexibility index (Phi) is 5.78. The van der Waals surface area contributed by atoms with Gasteiger partial charge in [0.15, 0.2) is 0 Å². The first-order valence-corrected chi connectivity index (χ1v) is 9.10. The Labute approximate surface area is 176 Å². The zero-order valence-electron chi connectivity index (χ0n) is 17.3. The molecule has 3 rings (SSSR count). The van der Waals surface area contributed by atoms with E-state index in [-0.39, 0.29) is 22.8 Å². The molecule has 31 heavy (non-hydrogen) atoms. The van der Waals surface area contributed by atoms with Crippen LogP contribution in [0.3, 0.4) is 0 Å². The number of amides is 1. The first-order chi connectivity index (χ1) is 14.5. The number of hydrogen-bond donors (Lipinski definition) is 3. The molecule has 8 nitrogen and oxygen atoms in total. The number of carbonyl (C=O) groups excluding carboxylic acids is 1. The van der Waals surface area contributed by atoms with Gasteiger partial charge in [-0.1, -0.05) is 0 Å². The Morgan fingerprint density at radius 1 is 1.19 bits per heavy atom. The summed E-state index contributed by atoms with van der Waals surface area (Å²) >= 11 is 0. The topological polar surface area (TPSA) is 107 Å². The molecule has 0 unspecified atom stereocenters. The van der Waals surface area contributed by atoms with Gasteiger partial charge in [0.25, 0.3) is 5.91 Å². The zero-order valence-corrected chi connectivity index (χ0v) is 17.3. The highest BCUT2D eigenvalue weighted by Gasteiger charge is 2.35. The second kappa shape index (κ2) is 8.17. The minimum absolute atomic E-state index is 0.0286. The third kappa shape index (κ3) is 4.55. The molecule has 1 aromatic carbocycles. The van der Waals surface area contributed by atoms with Crippen LogP contribution in [0.5, 0.6) is 5.75 Å². The quantitative estimate of drug-likeness (QED) is 0.541. The first-order valence-electron chi connectivity index (χ1n) is 9.10. The minimum Gasteiger partial charge on any atom is -0.496 e. The summed E-state index contributed by atoms with van der Waals surface area (Å²) in [7, 11) is 3.14. The number of methoxy groups -OCH3 is 1. The van der Waals surface area contributed by atoms with E-state index in [4.69, 9.17) is 10.5 Å². The number of nitrogens with zero attached hydrogens (tertiary/aromatic N) is 3. The number of primary amides is 1. The summed E-state index contributed by atoms with van der Waals surface area (Å²) in [5.41, 5.74) is 5.95. The minimum atomic E-state index is -4.68. The first kappa shape index (κ1) is 21.9. The van der Waals surface area contributed by atoms with Crippen molar-refractivity contribution in [2.45, 2.75) is 20.0 Å². The summed E-state index contributed by atoms with van der Waals surface area (Å²) in [5, 5.41) is 9.85. The number of aromatic nitrogens is 3. The summed E-state index contributed by atoms with van der Waals surface area (Å²) in [6, 6.07) is 4.12. The van der Waals surface area contributed by atoms with E-state index in [1.54, 1.807) is 31.8 Å². The number of alkyl halides is 3. The molecule has 0 aliphatic carbocycles. The third-order valence-corrected chi connectivity index (χ3v) is 4.65. The summed E-state index contributed by atoms with van der Waals surface area (Å²) in [4.78, 5) is 15.8. The van der Waals surface area contributed by atoms with Crippen molar-refractivity contribution in [3.05, 3.63) is 53.0 Å². The molecule has 2 heterocycles. The van der Waals surface area contributed by atoms with Gasteiger partial charge in [-0.3, -0.25) is 9.48 Å². The van der Waals surface area contributed by atoms with Gasteiger partial charge in [0.1, 0.15) is 11.6 Å². The van der Waals surface area contributed by atoms with Crippen molar-refractivity contribution in [1.29, 1.82) is 0 Å². The molecule has 0 radical (unpaired) electrons. The van der Waals surface area contributed by atoms with Crippen LogP contribution in [0, 0.1) is 13.8 Å². The standard InChI is InChI=1S/C20H21F3N6O2/c1-10-16(31-4)6-5-12(19(24)30)18(10)27-14-7-17(25-8-13(14)20(21,22)23)26-15-9-29(3)28-11(15)2/h5-9H,1-4H3,(H2,24,30)(H2,25,26,27). The number of aryl methyl sites for hydroxylation is 2. The lowest BCUT2D eigenvalue weighted by Crippen LogP contribution is -2.16. The van der Waals surface area contributed by atoms with Crippen LogP contribution in [0.25, 0.3) is 0 Å². The lowest BCUT2D eigenvalue weighted by molar-refractivity contribution is -0.137. The molecule has 0 atom stereocenters. The van der Waals surface area contributed by atoms with Crippen LogP contribution >= 0.6 is 0 Å². The SMILES string of the molecule is COc1ccc(C(N)=O)c(Nc2cc(Nc3cn(C)nc3C)ncc2C(F)(F)F)c1C. The van der Waals surface area contributed by atoms with Crippen molar-refractivity contribution < 1.29 is 22.7 Å². The number of ether oxygens (including phenoxy) is 1. The molecule has 0 bridgehead atoms. The maximum absolute atomic E-state index is 13.7. The van der Waals surface area contributed by atoms with Crippen LogP contribution in [-0.4, -0.2) is 27.8 Å². The normalized spacial score (nSPS) is 11.3. The summed E-state index contributed by atoms with van der Waals surface area (Å²) in [5.74, 6) is -0.243. The van der Waals surface area contributed by atoms with Gasteiger partial charge in [-0.25, -0.2) is 4.98 Å². The van der Waals surface area contributed by atoms with Crippen LogP contribution in [0.1, 0.15) is 27.2 Å². The molecule has 11 heteroatoms. The summed E-state index contributed by atoms with van der Waals surface area (Å²) < 4.78 is 47.8. The van der Waals surface area contributed by atoms with Crippen molar-refractivity contribution >= 4 is 28.8 Å². The van der Waals surface area contributed by atoms with Gasteiger partial charge in [-0.2, -0.15) is 18.3 Å². The van der Waals surface area contributed by atoms with Gasteiger partial charge in [-0.05, 0) is 26.0 Å². The Hall–Kier alpha value is -3.76. The van der Waals surface area contributed by atoms with E-state index < -0.39 is 17.6 Å². The summed E-state index contributed by atoms with van der Waals surface area (Å²) in [6.07, 6.45) is -2.28. The molecule has 2 aromatic heterocycles. The smallest absolute Gasteiger partial charge is 0.419 e. The lowest BCUT2D eigenvalue weighted by atomic mass is 10.0. The summed E-state index contributed by atoms with van der Waals surface area (Å²) in [6.45, 7) is 3.37. The number of halogens is 3. The maximum Gasteiger partial charge on any atom is 0.419 e. The highest BCUT2D eigenvalue weighted by molar-refractivity contribution is 6.00. The Morgan fingerprint density at radius 2 is 1.90 bits per heavy atom. The van der Waals surface area contributed by atoms with Crippen LogP contribution in [0.4, 0.5) is 36.1 Å². The van der Waals surface area contributed by atoms with Crippen LogP contribution in [-0.2, 0) is 13.2 Å². The van der Waals surface area contributed by atoms with E-state index in [2.05, 4.69) is 20.7 Å². The molecule has 0 saturated heterocycles. The monoisotopic (exact) mass is 434 g/mol. The van der Waals surface area contributed by atoms with Gasteiger partial charge in [0.05, 0.1) is 41.0 Å². The van der Waals surface area contributed by atoms with Crippen LogP contribution in [0.2, 0.25) is 0 Å². The molecule has 1 amide bonds. The number of pyridine rings is 1. The second-order valence-electron chi connectivity index (χ2n) is 6.84. The predicted octanol–water partition coefficient (Wildman–Crippen LogP) is 4.05. The largest absolute Gasteiger partial charge is 0.496 e. The number of nitrogens with two attached hydrogens (primary N) is 1. The highest BCUT2D eigenvalue weighted by atomic mass is 19.4. The fourth-order valence-electron chi connectivity index (χ4n) is 3.13. The maximum atomic E-state index is 13.7. The van der Waals surface area contributed by atoms with Gasteiger partial charge >= 0.3 is 6.18 Å². The molecule has 0 aliphatic heterocycles. The molecule has 0 spiro atoms. The van der Waals surface area contributed by atoms with Gasteiger partial charge < -0.3 is 21.1 Å². The predicted molar refractivity (Wildman–Crippen MR) is 110 cm³/mol. The Bertz CT molecular complexity index is 1140. The second-order valence-corrected chi connectivity index (χ2v) is 6.84. The van der Waals surface area contributed by atoms with Gasteiger partial charge in [-0.15, -0.1) is 0 Å². The van der Waals surface area contributed by atoms with E-state index in [1.807, 2.05) is 0 Å². The van der Waals surface area contributed by atoms with E-state index in [0.717, 1.165) is 6.20 Å². The van der Waals surface area contributed by atoms with Crippen molar-refractivity contribution in [3.63, 3.8) is 0 Å². The Balaban J connectivity index is 2.11. The number of rotatable bonds is 6. The number of nitrogens with one attached hydrogen (secondary N) is 2. The van der Waals surface area contributed by atoms with Gasteiger partial charge in [0, 0.05) is 31.1 Å².